The van der Waals surface area contributed by atoms with Crippen LogP contribution in [0.25, 0.3) is 0 Å². The number of nitrogens with zero attached hydrogens (tertiary/aromatic N) is 2. The molecule has 3 aromatic rings. The molecule has 0 atom stereocenters. The molecular weight excluding hydrogens is 492 g/mol. The van der Waals surface area contributed by atoms with Crippen molar-refractivity contribution < 1.29 is 19.1 Å². The first-order chi connectivity index (χ1) is 14.6. The van der Waals surface area contributed by atoms with Crippen LogP contribution in [-0.4, -0.2) is 34.6 Å². The molecular formula is C19H15BrN4O4S2. The van der Waals surface area contributed by atoms with Crippen LogP contribution in [0.3, 0.4) is 0 Å². The summed E-state index contributed by atoms with van der Waals surface area (Å²) in [7, 11) is 0. The van der Waals surface area contributed by atoms with Crippen molar-refractivity contribution in [2.45, 2.75) is 10.9 Å². The number of benzene rings is 2. The number of thioether (sulfide) groups is 1. The molecule has 0 radical (unpaired) electrons. The molecule has 2 aromatic carbocycles. The van der Waals surface area contributed by atoms with Gasteiger partial charge in [-0.3, -0.25) is 14.9 Å². The molecule has 1 aliphatic heterocycles. The number of amides is 2. The summed E-state index contributed by atoms with van der Waals surface area (Å²) < 4.78 is 12.1. The van der Waals surface area contributed by atoms with Crippen LogP contribution in [-0.2, 0) is 11.3 Å². The summed E-state index contributed by atoms with van der Waals surface area (Å²) in [4.78, 5) is 24.3. The van der Waals surface area contributed by atoms with E-state index < -0.39 is 0 Å². The van der Waals surface area contributed by atoms with Gasteiger partial charge in [-0.1, -0.05) is 45.1 Å². The Balaban J connectivity index is 1.23. The second-order valence-electron chi connectivity index (χ2n) is 6.09. The fraction of sp³-hybridized carbons (Fsp3) is 0.158. The Hall–Kier alpha value is -2.63. The predicted octanol–water partition coefficient (Wildman–Crippen LogP) is 3.69. The number of ether oxygens (including phenoxy) is 2. The maximum Gasteiger partial charge on any atom is 0.257 e. The largest absolute Gasteiger partial charge is 0.454 e. The van der Waals surface area contributed by atoms with Crippen molar-refractivity contribution in [2.24, 2.45) is 0 Å². The van der Waals surface area contributed by atoms with Gasteiger partial charge in [0.25, 0.3) is 5.91 Å². The van der Waals surface area contributed by atoms with E-state index in [-0.39, 0.29) is 24.4 Å². The van der Waals surface area contributed by atoms with Gasteiger partial charge in [-0.15, -0.1) is 10.2 Å². The lowest BCUT2D eigenvalue weighted by Gasteiger charge is -2.05. The number of hydrogen-bond acceptors (Lipinski definition) is 8. The van der Waals surface area contributed by atoms with E-state index in [1.54, 1.807) is 24.3 Å². The van der Waals surface area contributed by atoms with Gasteiger partial charge < -0.3 is 14.8 Å². The Kier molecular flexibility index (Phi) is 6.50. The monoisotopic (exact) mass is 506 g/mol. The summed E-state index contributed by atoms with van der Waals surface area (Å²) in [5.74, 6) is 1.19. The number of halogens is 1. The Labute approximate surface area is 188 Å². The SMILES string of the molecule is O=C(CSc1nnc(NC(=O)c2ccc(Br)cc2)s1)NCc1ccc2c(c1)OCO2. The molecule has 1 aromatic heterocycles. The smallest absolute Gasteiger partial charge is 0.257 e. The molecule has 0 unspecified atom stereocenters. The van der Waals surface area contributed by atoms with E-state index >= 15 is 0 Å². The van der Waals surface area contributed by atoms with Gasteiger partial charge in [0.2, 0.25) is 17.8 Å². The van der Waals surface area contributed by atoms with Crippen molar-refractivity contribution in [3.05, 3.63) is 58.1 Å². The highest BCUT2D eigenvalue weighted by atomic mass is 79.9. The second-order valence-corrected chi connectivity index (χ2v) is 9.20. The van der Waals surface area contributed by atoms with Gasteiger partial charge in [0.1, 0.15) is 0 Å². The van der Waals surface area contributed by atoms with Crippen molar-refractivity contribution in [2.75, 3.05) is 17.9 Å². The third-order valence-corrected chi connectivity index (χ3v) is 6.49. The molecule has 11 heteroatoms. The molecule has 2 heterocycles. The van der Waals surface area contributed by atoms with Crippen LogP contribution in [0.1, 0.15) is 15.9 Å². The van der Waals surface area contributed by atoms with Crippen molar-refractivity contribution in [3.8, 4) is 11.5 Å². The zero-order chi connectivity index (χ0) is 20.9. The van der Waals surface area contributed by atoms with E-state index in [2.05, 4.69) is 36.8 Å². The molecule has 0 bridgehead atoms. The number of carbonyl (C=O) groups is 2. The quantitative estimate of drug-likeness (QED) is 0.372. The van der Waals surface area contributed by atoms with Gasteiger partial charge in [0.05, 0.1) is 5.75 Å². The van der Waals surface area contributed by atoms with Crippen LogP contribution in [0.15, 0.2) is 51.3 Å². The summed E-state index contributed by atoms with van der Waals surface area (Å²) in [5, 5.41) is 13.9. The summed E-state index contributed by atoms with van der Waals surface area (Å²) in [5.41, 5.74) is 1.44. The summed E-state index contributed by atoms with van der Waals surface area (Å²) >= 11 is 5.81. The van der Waals surface area contributed by atoms with Gasteiger partial charge in [-0.05, 0) is 42.0 Å². The van der Waals surface area contributed by atoms with Crippen molar-refractivity contribution in [3.63, 3.8) is 0 Å². The van der Waals surface area contributed by atoms with Crippen LogP contribution in [0.4, 0.5) is 5.13 Å². The molecule has 0 spiro atoms. The molecule has 0 aliphatic carbocycles. The standard InChI is InChI=1S/C19H15BrN4O4S2/c20-13-4-2-12(3-5-13)17(26)22-18-23-24-19(30-18)29-9-16(25)21-8-11-1-6-14-15(7-11)28-10-27-14/h1-7H,8-10H2,(H,21,25)(H,22,23,26). The number of carbonyl (C=O) groups excluding carboxylic acids is 2. The fourth-order valence-corrected chi connectivity index (χ4v) is 4.36. The van der Waals surface area contributed by atoms with E-state index in [0.717, 1.165) is 10.0 Å². The van der Waals surface area contributed by atoms with Gasteiger partial charge >= 0.3 is 0 Å². The Morgan fingerprint density at radius 3 is 2.73 bits per heavy atom. The number of aromatic nitrogens is 2. The highest BCUT2D eigenvalue weighted by Gasteiger charge is 2.14. The molecule has 0 saturated heterocycles. The first kappa shape index (κ1) is 20.6. The molecule has 8 nitrogen and oxygen atoms in total. The molecule has 4 rings (SSSR count). The zero-order valence-electron chi connectivity index (χ0n) is 15.4. The Morgan fingerprint density at radius 2 is 1.90 bits per heavy atom. The van der Waals surface area contributed by atoms with E-state index in [1.165, 1.54) is 23.1 Å². The van der Waals surface area contributed by atoms with E-state index in [4.69, 9.17) is 9.47 Å². The maximum atomic E-state index is 12.2. The molecule has 0 saturated carbocycles. The molecule has 30 heavy (non-hydrogen) atoms. The predicted molar refractivity (Wildman–Crippen MR) is 117 cm³/mol. The average molecular weight is 507 g/mol. The Morgan fingerprint density at radius 1 is 1.10 bits per heavy atom. The molecule has 2 amide bonds. The summed E-state index contributed by atoms with van der Waals surface area (Å²) in [6.45, 7) is 0.607. The van der Waals surface area contributed by atoms with E-state index in [1.807, 2.05) is 18.2 Å². The van der Waals surface area contributed by atoms with Crippen LogP contribution >= 0.6 is 39.0 Å². The number of fused-ring (bicyclic) bond motifs is 1. The van der Waals surface area contributed by atoms with Gasteiger partial charge in [-0.25, -0.2) is 0 Å². The number of rotatable bonds is 7. The van der Waals surface area contributed by atoms with Gasteiger partial charge in [0, 0.05) is 16.6 Å². The molecule has 1 aliphatic rings. The lowest BCUT2D eigenvalue weighted by molar-refractivity contribution is -0.118. The van der Waals surface area contributed by atoms with Crippen molar-refractivity contribution in [1.29, 1.82) is 0 Å². The van der Waals surface area contributed by atoms with Crippen LogP contribution < -0.4 is 20.1 Å². The first-order valence-corrected chi connectivity index (χ1v) is 11.3. The van der Waals surface area contributed by atoms with Crippen LogP contribution in [0.5, 0.6) is 11.5 Å². The minimum Gasteiger partial charge on any atom is -0.454 e. The fourth-order valence-electron chi connectivity index (χ4n) is 2.52. The third kappa shape index (κ3) is 5.29. The lowest BCUT2D eigenvalue weighted by Crippen LogP contribution is -2.24. The maximum absolute atomic E-state index is 12.2. The third-order valence-electron chi connectivity index (χ3n) is 3.99. The lowest BCUT2D eigenvalue weighted by atomic mass is 10.2. The zero-order valence-corrected chi connectivity index (χ0v) is 18.6. The van der Waals surface area contributed by atoms with Gasteiger partial charge in [-0.2, -0.15) is 0 Å². The Bertz CT molecular complexity index is 1070. The number of anilines is 1. The number of hydrogen-bond donors (Lipinski definition) is 2. The molecule has 154 valence electrons. The molecule has 0 fully saturated rings. The second kappa shape index (κ2) is 9.45. The number of nitrogens with one attached hydrogen (secondary N) is 2. The average Bonchev–Trinajstić information content (AvgIpc) is 3.40. The molecule has 2 N–H and O–H groups in total. The van der Waals surface area contributed by atoms with Gasteiger partial charge in [0.15, 0.2) is 15.8 Å². The minimum absolute atomic E-state index is 0.131. The van der Waals surface area contributed by atoms with E-state index in [0.29, 0.717) is 33.1 Å². The topological polar surface area (TPSA) is 102 Å². The minimum atomic E-state index is -0.267. The summed E-state index contributed by atoms with van der Waals surface area (Å²) in [6.07, 6.45) is 0. The van der Waals surface area contributed by atoms with Crippen molar-refractivity contribution >= 4 is 56.0 Å². The van der Waals surface area contributed by atoms with E-state index in [9.17, 15) is 9.59 Å². The first-order valence-electron chi connectivity index (χ1n) is 8.75. The summed E-state index contributed by atoms with van der Waals surface area (Å²) in [6, 6.07) is 12.6. The highest BCUT2D eigenvalue weighted by molar-refractivity contribution is 9.10. The van der Waals surface area contributed by atoms with Crippen LogP contribution in [0, 0.1) is 0 Å². The highest BCUT2D eigenvalue weighted by Crippen LogP contribution is 2.32. The van der Waals surface area contributed by atoms with Crippen molar-refractivity contribution in [1.82, 2.24) is 15.5 Å². The normalized spacial score (nSPS) is 11.9. The van der Waals surface area contributed by atoms with Crippen LogP contribution in [0.2, 0.25) is 0 Å².